The van der Waals surface area contributed by atoms with Crippen LogP contribution in [0.25, 0.3) is 0 Å². The van der Waals surface area contributed by atoms with E-state index in [9.17, 15) is 14.2 Å². The Balaban J connectivity index is 3.09. The first-order chi connectivity index (χ1) is 7.50. The molecule has 0 bridgehead atoms. The van der Waals surface area contributed by atoms with Crippen LogP contribution in [-0.2, 0) is 9.13 Å². The topological polar surface area (TPSA) is 161 Å². The minimum Gasteiger partial charge on any atom is -0.367 e. The van der Waals surface area contributed by atoms with Gasteiger partial charge < -0.3 is 30.4 Å². The van der Waals surface area contributed by atoms with Crippen LogP contribution >= 0.6 is 15.2 Å². The highest BCUT2D eigenvalue weighted by Crippen LogP contribution is 2.72. The lowest BCUT2D eigenvalue weighted by Crippen LogP contribution is -2.41. The maximum atomic E-state index is 11.2. The molecule has 0 atom stereocenters. The lowest BCUT2D eigenvalue weighted by atomic mass is 9.86. The summed E-state index contributed by atoms with van der Waals surface area (Å²) in [4.78, 5) is 36.1. The maximum absolute atomic E-state index is 11.2. The van der Waals surface area contributed by atoms with Crippen LogP contribution in [0.4, 0.5) is 0 Å². The molecule has 8 nitrogen and oxygen atoms in total. The molecular weight excluding hydrogens is 272 g/mol. The summed E-state index contributed by atoms with van der Waals surface area (Å²) in [6.45, 7) is 0. The molecule has 0 aromatic carbocycles. The molecule has 1 fully saturated rings. The van der Waals surface area contributed by atoms with Crippen LogP contribution in [0.5, 0.6) is 0 Å². The SMILES string of the molecule is NC1CCC(C(O)(P(=O)(O)O)P(=O)(O)O)CC1. The molecule has 10 heteroatoms. The quantitative estimate of drug-likeness (QED) is 0.379. The van der Waals surface area contributed by atoms with E-state index in [4.69, 9.17) is 25.3 Å². The predicted octanol–water partition coefficient (Wildman–Crippen LogP) is -0.495. The zero-order chi connectivity index (χ0) is 13.5. The Morgan fingerprint density at radius 2 is 1.29 bits per heavy atom. The van der Waals surface area contributed by atoms with Gasteiger partial charge in [0.1, 0.15) is 0 Å². The molecule has 0 aromatic rings. The van der Waals surface area contributed by atoms with Crippen molar-refractivity contribution in [3.8, 4) is 0 Å². The minimum atomic E-state index is -5.35. The van der Waals surface area contributed by atoms with Gasteiger partial charge in [0.05, 0.1) is 0 Å². The molecular formula is C7H17NO7P2. The molecule has 0 radical (unpaired) electrons. The van der Waals surface area contributed by atoms with Gasteiger partial charge in [-0.25, -0.2) is 0 Å². The van der Waals surface area contributed by atoms with Gasteiger partial charge in [0.15, 0.2) is 0 Å². The van der Waals surface area contributed by atoms with Gasteiger partial charge in [0, 0.05) is 12.0 Å². The van der Waals surface area contributed by atoms with Gasteiger partial charge in [0.2, 0.25) is 0 Å². The Morgan fingerprint density at radius 3 is 1.59 bits per heavy atom. The molecule has 0 aliphatic heterocycles. The third-order valence-electron chi connectivity index (χ3n) is 3.18. The average Bonchev–Trinajstić information content (AvgIpc) is 2.14. The second-order valence-corrected chi connectivity index (χ2v) is 8.28. The van der Waals surface area contributed by atoms with Gasteiger partial charge in [-0.15, -0.1) is 0 Å². The van der Waals surface area contributed by atoms with Gasteiger partial charge in [-0.2, -0.15) is 0 Å². The summed E-state index contributed by atoms with van der Waals surface area (Å²) in [5.41, 5.74) is 5.59. The van der Waals surface area contributed by atoms with Crippen molar-refractivity contribution in [1.82, 2.24) is 0 Å². The fraction of sp³-hybridized carbons (Fsp3) is 1.00. The van der Waals surface area contributed by atoms with E-state index in [-0.39, 0.29) is 18.9 Å². The van der Waals surface area contributed by atoms with E-state index >= 15 is 0 Å². The summed E-state index contributed by atoms with van der Waals surface area (Å²) in [7, 11) is -10.7. The van der Waals surface area contributed by atoms with Gasteiger partial charge in [-0.05, 0) is 25.7 Å². The van der Waals surface area contributed by atoms with E-state index in [2.05, 4.69) is 0 Å². The van der Waals surface area contributed by atoms with Crippen molar-refractivity contribution in [3.63, 3.8) is 0 Å². The third-order valence-corrected chi connectivity index (χ3v) is 7.19. The molecule has 0 saturated heterocycles. The van der Waals surface area contributed by atoms with Crippen LogP contribution < -0.4 is 5.73 Å². The first-order valence-corrected chi connectivity index (χ1v) is 8.32. The molecule has 7 N–H and O–H groups in total. The number of hydrogen-bond donors (Lipinski definition) is 6. The fourth-order valence-electron chi connectivity index (χ4n) is 2.15. The first kappa shape index (κ1) is 15.3. The number of nitrogens with two attached hydrogens (primary N) is 1. The minimum absolute atomic E-state index is 0.0773. The molecule has 0 aromatic heterocycles. The molecule has 0 unspecified atom stereocenters. The molecule has 1 saturated carbocycles. The van der Waals surface area contributed by atoms with Crippen LogP contribution in [0.1, 0.15) is 25.7 Å². The van der Waals surface area contributed by atoms with E-state index in [1.807, 2.05) is 0 Å². The Kier molecular flexibility index (Phi) is 4.24. The van der Waals surface area contributed by atoms with Crippen LogP contribution in [0, 0.1) is 5.92 Å². The second kappa shape index (κ2) is 4.72. The van der Waals surface area contributed by atoms with Crippen LogP contribution in [0.3, 0.4) is 0 Å². The zero-order valence-electron chi connectivity index (χ0n) is 9.01. The normalized spacial score (nSPS) is 28.1. The van der Waals surface area contributed by atoms with Gasteiger partial charge >= 0.3 is 15.2 Å². The molecule has 1 aliphatic carbocycles. The van der Waals surface area contributed by atoms with Crippen molar-refractivity contribution < 1.29 is 33.8 Å². The summed E-state index contributed by atoms with van der Waals surface area (Å²) in [5, 5.41) is 6.54. The van der Waals surface area contributed by atoms with Crippen LogP contribution in [0.2, 0.25) is 0 Å². The van der Waals surface area contributed by atoms with E-state index in [0.717, 1.165) is 0 Å². The zero-order valence-corrected chi connectivity index (χ0v) is 10.8. The van der Waals surface area contributed by atoms with Crippen molar-refractivity contribution in [2.24, 2.45) is 11.7 Å². The highest BCUT2D eigenvalue weighted by atomic mass is 31.2. The molecule has 1 aliphatic rings. The molecule has 0 heterocycles. The van der Waals surface area contributed by atoms with Gasteiger partial charge in [0.25, 0.3) is 5.08 Å². The number of aliphatic hydroxyl groups is 1. The predicted molar refractivity (Wildman–Crippen MR) is 59.0 cm³/mol. The molecule has 1 rings (SSSR count). The highest BCUT2D eigenvalue weighted by molar-refractivity contribution is 7.72. The van der Waals surface area contributed by atoms with Crippen molar-refractivity contribution in [2.45, 2.75) is 36.8 Å². The second-order valence-electron chi connectivity index (χ2n) is 4.39. The summed E-state index contributed by atoms with van der Waals surface area (Å²) >= 11 is 0. The highest BCUT2D eigenvalue weighted by Gasteiger charge is 2.63. The Bertz CT molecular complexity index is 344. The molecule has 0 amide bonds. The monoisotopic (exact) mass is 289 g/mol. The van der Waals surface area contributed by atoms with E-state index in [0.29, 0.717) is 12.8 Å². The maximum Gasteiger partial charge on any atom is 0.369 e. The third kappa shape index (κ3) is 2.80. The summed E-state index contributed by atoms with van der Waals surface area (Å²) in [6.07, 6.45) is 0.891. The standard InChI is InChI=1S/C7H17NO7P2/c8-6-3-1-5(2-4-6)7(9,16(10,11)12)17(13,14)15/h5-6,9H,1-4,8H2,(H2,10,11,12)(H2,13,14,15). The first-order valence-electron chi connectivity index (χ1n) is 5.09. The molecule has 102 valence electrons. The summed E-state index contributed by atoms with van der Waals surface area (Å²) in [5.74, 6) is -1.15. The molecule has 17 heavy (non-hydrogen) atoms. The average molecular weight is 289 g/mol. The summed E-state index contributed by atoms with van der Waals surface area (Å²) in [6, 6.07) is -0.163. The molecule has 0 spiro atoms. The Morgan fingerprint density at radius 1 is 0.941 bits per heavy atom. The van der Waals surface area contributed by atoms with Crippen LogP contribution in [-0.4, -0.2) is 35.8 Å². The fourth-order valence-corrected chi connectivity index (χ4v) is 4.98. The lowest BCUT2D eigenvalue weighted by molar-refractivity contribution is 0.0582. The summed E-state index contributed by atoms with van der Waals surface area (Å²) < 4.78 is 22.4. The van der Waals surface area contributed by atoms with Crippen molar-refractivity contribution in [2.75, 3.05) is 0 Å². The smallest absolute Gasteiger partial charge is 0.367 e. The van der Waals surface area contributed by atoms with Crippen LogP contribution in [0.15, 0.2) is 0 Å². The van der Waals surface area contributed by atoms with Crippen molar-refractivity contribution >= 4 is 15.2 Å². The van der Waals surface area contributed by atoms with E-state index < -0.39 is 26.2 Å². The lowest BCUT2D eigenvalue weighted by Gasteiger charge is -2.39. The van der Waals surface area contributed by atoms with Gasteiger partial charge in [-0.3, -0.25) is 9.13 Å². The number of hydrogen-bond acceptors (Lipinski definition) is 4. The van der Waals surface area contributed by atoms with Crippen molar-refractivity contribution in [1.29, 1.82) is 0 Å². The number of rotatable bonds is 3. The van der Waals surface area contributed by atoms with Gasteiger partial charge in [-0.1, -0.05) is 0 Å². The largest absolute Gasteiger partial charge is 0.369 e. The van der Waals surface area contributed by atoms with Crippen molar-refractivity contribution in [3.05, 3.63) is 0 Å². The Labute approximate surface area is 98.2 Å². The van der Waals surface area contributed by atoms with E-state index in [1.54, 1.807) is 0 Å². The van der Waals surface area contributed by atoms with E-state index in [1.165, 1.54) is 0 Å². The Hall–Kier alpha value is 0.220.